The SMILES string of the molecule is CC(=O)OC1CC(=O)N1c1cccc(CN2C(=O)[C@@]3(O[C@@H](CC(=O)N(CCO)Cc4ccccc4)[C@H]([Si](C)(C)O)[C@H]3C)c3cc(Br)ccc32)c1. The number of rotatable bonds is 11. The molecular formula is C37H42BrN3O8Si. The summed E-state index contributed by atoms with van der Waals surface area (Å²) in [6, 6.07) is 22.3. The lowest BCUT2D eigenvalue weighted by atomic mass is 9.82. The summed E-state index contributed by atoms with van der Waals surface area (Å²) in [6.07, 6.45) is -1.39. The fourth-order valence-corrected chi connectivity index (χ4v) is 10.8. The molecule has 0 aromatic heterocycles. The van der Waals surface area contributed by atoms with Crippen LogP contribution in [-0.2, 0) is 47.3 Å². The third-order valence-electron chi connectivity index (χ3n) is 10.00. The van der Waals surface area contributed by atoms with E-state index in [1.54, 1.807) is 28.0 Å². The summed E-state index contributed by atoms with van der Waals surface area (Å²) >= 11 is 3.58. The number of hydrogen-bond donors (Lipinski definition) is 2. The molecular weight excluding hydrogens is 722 g/mol. The molecule has 2 N–H and O–H groups in total. The van der Waals surface area contributed by atoms with E-state index in [2.05, 4.69) is 15.9 Å². The van der Waals surface area contributed by atoms with E-state index in [9.17, 15) is 29.1 Å². The molecule has 0 saturated carbocycles. The summed E-state index contributed by atoms with van der Waals surface area (Å²) in [6.45, 7) is 7.25. The summed E-state index contributed by atoms with van der Waals surface area (Å²) in [5.74, 6) is -1.66. The molecule has 50 heavy (non-hydrogen) atoms. The molecule has 1 spiro atoms. The largest absolute Gasteiger partial charge is 0.441 e. The summed E-state index contributed by atoms with van der Waals surface area (Å²) < 4.78 is 12.9. The Balaban J connectivity index is 1.32. The van der Waals surface area contributed by atoms with Crippen LogP contribution in [-0.4, -0.2) is 72.3 Å². The van der Waals surface area contributed by atoms with Gasteiger partial charge in [0.05, 0.1) is 37.8 Å². The minimum absolute atomic E-state index is 0.0629. The van der Waals surface area contributed by atoms with E-state index in [0.29, 0.717) is 23.5 Å². The predicted molar refractivity (Wildman–Crippen MR) is 192 cm³/mol. The number of β-lactam (4-membered cyclic amide) rings is 1. The molecule has 3 heterocycles. The van der Waals surface area contributed by atoms with Crippen molar-refractivity contribution in [2.75, 3.05) is 23.0 Å². The number of aliphatic hydroxyl groups is 1. The smallest absolute Gasteiger partial charge is 0.304 e. The first-order chi connectivity index (χ1) is 23.7. The second-order valence-electron chi connectivity index (χ2n) is 13.8. The molecule has 3 aliphatic heterocycles. The standard InChI is InChI=1S/C37H42BrN3O8Si/c1-23-35(50(3,4)47)31(19-32(44)39(15-16-42)21-25-9-6-5-7-10-25)49-37(23)29-18-27(38)13-14-30(29)40(36(37)46)22-26-11-8-12-28(17-26)41-33(45)20-34(41)48-24(2)43/h5-14,17-18,23,31,34-35,42,47H,15-16,19-22H2,1-4H3/t23-,31+,34?,35-,37+/m1/s1. The maximum absolute atomic E-state index is 14.9. The first-order valence-corrected chi connectivity index (χ1v) is 20.6. The highest BCUT2D eigenvalue weighted by Gasteiger charge is 2.66. The van der Waals surface area contributed by atoms with E-state index in [4.69, 9.17) is 9.47 Å². The molecule has 264 valence electrons. The van der Waals surface area contributed by atoms with Crippen molar-refractivity contribution in [2.45, 2.75) is 76.3 Å². The van der Waals surface area contributed by atoms with Crippen molar-refractivity contribution in [1.82, 2.24) is 4.90 Å². The number of halogens is 1. The lowest BCUT2D eigenvalue weighted by molar-refractivity contribution is -0.154. The molecule has 11 nitrogen and oxygen atoms in total. The van der Waals surface area contributed by atoms with E-state index in [-0.39, 0.29) is 50.3 Å². The van der Waals surface area contributed by atoms with Gasteiger partial charge in [-0.25, -0.2) is 0 Å². The van der Waals surface area contributed by atoms with Gasteiger partial charge in [-0.3, -0.25) is 24.1 Å². The number of hydrogen-bond acceptors (Lipinski definition) is 8. The van der Waals surface area contributed by atoms with Crippen LogP contribution in [0.4, 0.5) is 11.4 Å². The highest BCUT2D eigenvalue weighted by atomic mass is 79.9. The molecule has 2 fully saturated rings. The molecule has 3 aromatic carbocycles. The number of nitrogens with zero attached hydrogens (tertiary/aromatic N) is 3. The van der Waals surface area contributed by atoms with Gasteiger partial charge in [0.25, 0.3) is 5.91 Å². The van der Waals surface area contributed by atoms with Gasteiger partial charge >= 0.3 is 5.97 Å². The van der Waals surface area contributed by atoms with Gasteiger partial charge in [-0.15, -0.1) is 0 Å². The highest BCUT2D eigenvalue weighted by molar-refractivity contribution is 9.10. The molecule has 0 aliphatic carbocycles. The summed E-state index contributed by atoms with van der Waals surface area (Å²) in [5, 5.41) is 9.81. The van der Waals surface area contributed by atoms with Gasteiger partial charge in [0.15, 0.2) is 20.1 Å². The Labute approximate surface area is 301 Å². The first kappa shape index (κ1) is 35.9. The monoisotopic (exact) mass is 763 g/mol. The Bertz CT molecular complexity index is 1800. The van der Waals surface area contributed by atoms with Gasteiger partial charge in [-0.1, -0.05) is 65.3 Å². The number of aliphatic hydroxyl groups excluding tert-OH is 1. The highest BCUT2D eigenvalue weighted by Crippen LogP contribution is 2.60. The fraction of sp³-hybridized carbons (Fsp3) is 0.405. The molecule has 6 rings (SSSR count). The van der Waals surface area contributed by atoms with Crippen LogP contribution in [0.2, 0.25) is 18.6 Å². The normalized spacial score (nSPS) is 24.4. The van der Waals surface area contributed by atoms with Gasteiger partial charge in [0, 0.05) is 47.2 Å². The lowest BCUT2D eigenvalue weighted by Gasteiger charge is -2.39. The summed E-state index contributed by atoms with van der Waals surface area (Å²) in [7, 11) is -3.04. The Kier molecular flexibility index (Phi) is 10.1. The van der Waals surface area contributed by atoms with Crippen LogP contribution < -0.4 is 9.80 Å². The number of anilines is 2. The zero-order valence-electron chi connectivity index (χ0n) is 28.5. The Hall–Kier alpha value is -3.88. The molecule has 0 bridgehead atoms. The molecule has 5 atom stereocenters. The summed E-state index contributed by atoms with van der Waals surface area (Å²) in [4.78, 5) is 69.3. The van der Waals surface area contributed by atoms with Crippen molar-refractivity contribution >= 4 is 59.3 Å². The lowest BCUT2D eigenvalue weighted by Crippen LogP contribution is -2.54. The van der Waals surface area contributed by atoms with Crippen molar-refractivity contribution in [2.24, 2.45) is 5.92 Å². The van der Waals surface area contributed by atoms with Crippen LogP contribution in [0.3, 0.4) is 0 Å². The van der Waals surface area contributed by atoms with Gasteiger partial charge in [0.1, 0.15) is 0 Å². The fourth-order valence-electron chi connectivity index (χ4n) is 7.89. The van der Waals surface area contributed by atoms with Crippen LogP contribution in [0.15, 0.2) is 77.3 Å². The maximum atomic E-state index is 14.9. The topological polar surface area (TPSA) is 137 Å². The van der Waals surface area contributed by atoms with Crippen LogP contribution in [0, 0.1) is 5.92 Å². The van der Waals surface area contributed by atoms with Gasteiger partial charge in [0.2, 0.25) is 11.8 Å². The quantitative estimate of drug-likeness (QED) is 0.161. The van der Waals surface area contributed by atoms with Crippen LogP contribution in [0.1, 0.15) is 43.4 Å². The Morgan fingerprint density at radius 2 is 1.78 bits per heavy atom. The number of fused-ring (bicyclic) bond motifs is 2. The second kappa shape index (κ2) is 14.0. The molecule has 3 aliphatic rings. The van der Waals surface area contributed by atoms with Gasteiger partial charge in [-0.2, -0.15) is 0 Å². The molecule has 13 heteroatoms. The van der Waals surface area contributed by atoms with E-state index in [0.717, 1.165) is 15.6 Å². The van der Waals surface area contributed by atoms with Crippen molar-refractivity contribution in [1.29, 1.82) is 0 Å². The number of carbonyl (C=O) groups is 4. The zero-order chi connectivity index (χ0) is 36.0. The second-order valence-corrected chi connectivity index (χ2v) is 18.7. The van der Waals surface area contributed by atoms with E-state index in [1.165, 1.54) is 11.8 Å². The molecule has 3 amide bonds. The molecule has 2 saturated heterocycles. The summed E-state index contributed by atoms with van der Waals surface area (Å²) in [5.41, 5.74) is 1.61. The predicted octanol–water partition coefficient (Wildman–Crippen LogP) is 4.83. The van der Waals surface area contributed by atoms with E-state index in [1.807, 2.05) is 74.6 Å². The van der Waals surface area contributed by atoms with Gasteiger partial charge in [-0.05, 0) is 54.6 Å². The minimum atomic E-state index is -3.04. The Morgan fingerprint density at radius 3 is 2.44 bits per heavy atom. The van der Waals surface area contributed by atoms with Crippen LogP contribution in [0.25, 0.3) is 0 Å². The number of ether oxygens (including phenoxy) is 2. The number of esters is 1. The molecule has 3 aromatic rings. The average Bonchev–Trinajstić information content (AvgIpc) is 3.47. The Morgan fingerprint density at radius 1 is 1.06 bits per heavy atom. The number of carbonyl (C=O) groups excluding carboxylic acids is 4. The van der Waals surface area contributed by atoms with Gasteiger partial charge < -0.3 is 29.2 Å². The van der Waals surface area contributed by atoms with Crippen molar-refractivity contribution in [3.05, 3.63) is 94.0 Å². The first-order valence-electron chi connectivity index (χ1n) is 16.8. The third-order valence-corrected chi connectivity index (χ3v) is 13.0. The van der Waals surface area contributed by atoms with Crippen LogP contribution >= 0.6 is 15.9 Å². The maximum Gasteiger partial charge on any atom is 0.304 e. The average molecular weight is 765 g/mol. The van der Waals surface area contributed by atoms with E-state index >= 15 is 0 Å². The van der Waals surface area contributed by atoms with Crippen molar-refractivity contribution in [3.8, 4) is 0 Å². The van der Waals surface area contributed by atoms with Crippen molar-refractivity contribution < 1.29 is 38.6 Å². The van der Waals surface area contributed by atoms with Crippen LogP contribution in [0.5, 0.6) is 0 Å². The van der Waals surface area contributed by atoms with Crippen molar-refractivity contribution in [3.63, 3.8) is 0 Å². The minimum Gasteiger partial charge on any atom is -0.441 e. The molecule has 1 unspecified atom stereocenters. The third kappa shape index (κ3) is 6.64. The zero-order valence-corrected chi connectivity index (χ0v) is 31.1. The van der Waals surface area contributed by atoms with E-state index < -0.39 is 43.7 Å². The molecule has 0 radical (unpaired) electrons. The number of amides is 3. The number of benzene rings is 3.